The van der Waals surface area contributed by atoms with E-state index < -0.39 is 23.8 Å². The summed E-state index contributed by atoms with van der Waals surface area (Å²) in [5.74, 6) is -1.96. The van der Waals surface area contributed by atoms with Gasteiger partial charge in [0.25, 0.3) is 0 Å². The van der Waals surface area contributed by atoms with Gasteiger partial charge in [0.15, 0.2) is 0 Å². The first-order valence-corrected chi connectivity index (χ1v) is 5.40. The van der Waals surface area contributed by atoms with Gasteiger partial charge < -0.3 is 22.1 Å². The van der Waals surface area contributed by atoms with Crippen LogP contribution in [-0.2, 0) is 14.4 Å². The Labute approximate surface area is 100 Å². The number of nitrogens with two attached hydrogens (primary N) is 3. The van der Waals surface area contributed by atoms with Crippen LogP contribution in [0.15, 0.2) is 0 Å². The minimum absolute atomic E-state index is 0.0502. The average Bonchev–Trinajstić information content (AvgIpc) is 2.23. The molecule has 0 spiro atoms. The number of carbonyl (C=O) groups excluding carboxylic acids is 3. The lowest BCUT2D eigenvalue weighted by Gasteiger charge is -2.25. The van der Waals surface area contributed by atoms with Crippen LogP contribution in [0.2, 0.25) is 0 Å². The summed E-state index contributed by atoms with van der Waals surface area (Å²) in [6.07, 6.45) is 0.716. The van der Waals surface area contributed by atoms with E-state index in [1.54, 1.807) is 0 Å². The lowest BCUT2D eigenvalue weighted by molar-refractivity contribution is -0.139. The monoisotopic (exact) mass is 244 g/mol. The fourth-order valence-electron chi connectivity index (χ4n) is 1.30. The second-order valence-corrected chi connectivity index (χ2v) is 4.04. The highest BCUT2D eigenvalue weighted by Gasteiger charge is 2.26. The molecule has 3 amide bonds. The lowest BCUT2D eigenvalue weighted by Crippen LogP contribution is -2.51. The Morgan fingerprint density at radius 3 is 1.82 bits per heavy atom. The molecule has 7 heteroatoms. The van der Waals surface area contributed by atoms with Crippen LogP contribution >= 0.6 is 0 Å². The Balaban J connectivity index is 4.72. The van der Waals surface area contributed by atoms with E-state index in [4.69, 9.17) is 17.2 Å². The molecule has 0 heterocycles. The van der Waals surface area contributed by atoms with Crippen molar-refractivity contribution in [1.29, 1.82) is 0 Å². The SMILES string of the molecule is CC[C@H](C)[C@H](N)C(=O)N(CC(N)=O)CC(N)=O. The third kappa shape index (κ3) is 5.30. The number of hydrogen-bond donors (Lipinski definition) is 3. The van der Waals surface area contributed by atoms with Gasteiger partial charge in [0, 0.05) is 0 Å². The van der Waals surface area contributed by atoms with Crippen molar-refractivity contribution in [1.82, 2.24) is 4.90 Å². The summed E-state index contributed by atoms with van der Waals surface area (Å²) in [4.78, 5) is 34.5. The fourth-order valence-corrected chi connectivity index (χ4v) is 1.30. The van der Waals surface area contributed by atoms with Crippen molar-refractivity contribution in [3.8, 4) is 0 Å². The lowest BCUT2D eigenvalue weighted by atomic mass is 9.99. The zero-order valence-electron chi connectivity index (χ0n) is 10.2. The van der Waals surface area contributed by atoms with Crippen molar-refractivity contribution in [3.05, 3.63) is 0 Å². The van der Waals surface area contributed by atoms with E-state index in [0.29, 0.717) is 6.42 Å². The molecule has 0 aromatic heterocycles. The quantitative estimate of drug-likeness (QED) is 0.485. The molecule has 6 N–H and O–H groups in total. The molecule has 0 rings (SSSR count). The molecule has 0 bridgehead atoms. The maximum Gasteiger partial charge on any atom is 0.240 e. The van der Waals surface area contributed by atoms with Gasteiger partial charge in [-0.25, -0.2) is 0 Å². The largest absolute Gasteiger partial charge is 0.368 e. The van der Waals surface area contributed by atoms with Gasteiger partial charge in [-0.2, -0.15) is 0 Å². The first kappa shape index (κ1) is 15.4. The number of primary amides is 2. The Bertz CT molecular complexity index is 290. The van der Waals surface area contributed by atoms with Crippen molar-refractivity contribution in [2.45, 2.75) is 26.3 Å². The molecule has 0 fully saturated rings. The van der Waals surface area contributed by atoms with E-state index in [1.165, 1.54) is 0 Å². The van der Waals surface area contributed by atoms with E-state index >= 15 is 0 Å². The van der Waals surface area contributed by atoms with Crippen LogP contribution in [0.5, 0.6) is 0 Å². The maximum absolute atomic E-state index is 11.9. The molecule has 0 radical (unpaired) electrons. The van der Waals surface area contributed by atoms with Gasteiger partial charge in [-0.1, -0.05) is 20.3 Å². The minimum Gasteiger partial charge on any atom is -0.368 e. The summed E-state index contributed by atoms with van der Waals surface area (Å²) in [5.41, 5.74) is 15.7. The van der Waals surface area contributed by atoms with Gasteiger partial charge in [-0.15, -0.1) is 0 Å². The third-order valence-electron chi connectivity index (χ3n) is 2.55. The Kier molecular flexibility index (Phi) is 6.19. The van der Waals surface area contributed by atoms with Crippen LogP contribution in [0.4, 0.5) is 0 Å². The first-order chi connectivity index (χ1) is 7.79. The van der Waals surface area contributed by atoms with E-state index in [-0.39, 0.29) is 19.0 Å². The Morgan fingerprint density at radius 2 is 1.53 bits per heavy atom. The smallest absolute Gasteiger partial charge is 0.240 e. The van der Waals surface area contributed by atoms with Crippen LogP contribution < -0.4 is 17.2 Å². The standard InChI is InChI=1S/C10H20N4O3/c1-3-6(2)9(13)10(17)14(4-7(11)15)5-8(12)16/h6,9H,3-5,13H2,1-2H3,(H2,11,15)(H2,12,16)/t6-,9-/m0/s1. The minimum atomic E-state index is -0.765. The van der Waals surface area contributed by atoms with E-state index in [2.05, 4.69) is 0 Å². The van der Waals surface area contributed by atoms with Crippen molar-refractivity contribution in [3.63, 3.8) is 0 Å². The summed E-state index contributed by atoms with van der Waals surface area (Å²) in [5, 5.41) is 0. The average molecular weight is 244 g/mol. The van der Waals surface area contributed by atoms with E-state index in [1.807, 2.05) is 13.8 Å². The summed E-state index contributed by atoms with van der Waals surface area (Å²) >= 11 is 0. The number of nitrogens with zero attached hydrogens (tertiary/aromatic N) is 1. The van der Waals surface area contributed by atoms with Gasteiger partial charge in [0.05, 0.1) is 19.1 Å². The highest BCUT2D eigenvalue weighted by Crippen LogP contribution is 2.08. The molecule has 7 nitrogen and oxygen atoms in total. The maximum atomic E-state index is 11.9. The molecule has 0 saturated heterocycles. The molecular weight excluding hydrogens is 224 g/mol. The van der Waals surface area contributed by atoms with Gasteiger partial charge in [0.1, 0.15) is 0 Å². The second-order valence-electron chi connectivity index (χ2n) is 4.04. The summed E-state index contributed by atoms with van der Waals surface area (Å²) in [7, 11) is 0. The molecule has 2 atom stereocenters. The molecule has 17 heavy (non-hydrogen) atoms. The molecule has 98 valence electrons. The summed E-state index contributed by atoms with van der Waals surface area (Å²) < 4.78 is 0. The molecule has 0 aliphatic rings. The van der Waals surface area contributed by atoms with Crippen molar-refractivity contribution >= 4 is 17.7 Å². The Hall–Kier alpha value is -1.63. The van der Waals surface area contributed by atoms with Crippen LogP contribution in [0.25, 0.3) is 0 Å². The van der Waals surface area contributed by atoms with Crippen molar-refractivity contribution in [2.24, 2.45) is 23.1 Å². The van der Waals surface area contributed by atoms with Gasteiger partial charge in [-0.05, 0) is 5.92 Å². The number of carbonyl (C=O) groups is 3. The summed E-state index contributed by atoms with van der Waals surface area (Å²) in [6, 6.07) is -0.765. The van der Waals surface area contributed by atoms with Crippen LogP contribution in [0, 0.1) is 5.92 Å². The fraction of sp³-hybridized carbons (Fsp3) is 0.700. The van der Waals surface area contributed by atoms with Crippen LogP contribution in [0.1, 0.15) is 20.3 Å². The molecule has 0 unspecified atom stereocenters. The zero-order valence-corrected chi connectivity index (χ0v) is 10.2. The molecular formula is C10H20N4O3. The third-order valence-corrected chi connectivity index (χ3v) is 2.55. The Morgan fingerprint density at radius 1 is 1.12 bits per heavy atom. The van der Waals surface area contributed by atoms with Crippen LogP contribution in [0.3, 0.4) is 0 Å². The normalized spacial score (nSPS) is 13.8. The molecule has 0 aliphatic carbocycles. The zero-order chi connectivity index (χ0) is 13.6. The van der Waals surface area contributed by atoms with Gasteiger partial charge in [-0.3, -0.25) is 14.4 Å². The molecule has 0 aromatic carbocycles. The van der Waals surface area contributed by atoms with E-state index in [0.717, 1.165) is 4.90 Å². The highest BCUT2D eigenvalue weighted by atomic mass is 16.2. The predicted molar refractivity (Wildman–Crippen MR) is 62.4 cm³/mol. The molecule has 0 aromatic rings. The van der Waals surface area contributed by atoms with Gasteiger partial charge >= 0.3 is 0 Å². The number of rotatable bonds is 7. The van der Waals surface area contributed by atoms with Crippen molar-refractivity contribution in [2.75, 3.05) is 13.1 Å². The first-order valence-electron chi connectivity index (χ1n) is 5.40. The topological polar surface area (TPSA) is 133 Å². The molecule has 0 saturated carbocycles. The van der Waals surface area contributed by atoms with Gasteiger partial charge in [0.2, 0.25) is 17.7 Å². The predicted octanol–water partition coefficient (Wildman–Crippen LogP) is -1.84. The van der Waals surface area contributed by atoms with Crippen molar-refractivity contribution < 1.29 is 14.4 Å². The number of amides is 3. The summed E-state index contributed by atoms with van der Waals surface area (Å²) in [6.45, 7) is 3.00. The second kappa shape index (κ2) is 6.85. The molecule has 0 aliphatic heterocycles. The van der Waals surface area contributed by atoms with E-state index in [9.17, 15) is 14.4 Å². The highest BCUT2D eigenvalue weighted by molar-refractivity contribution is 5.90. The van der Waals surface area contributed by atoms with Crippen LogP contribution in [-0.4, -0.2) is 41.8 Å². The number of hydrogen-bond acceptors (Lipinski definition) is 4.